The standard InChI is InChI=1S/C25H21BN6O/c1-14-11-16(5-7-19(14)17-4-3-15(2)27-13-17)22-29-24(32(26)31-22)28-18-6-8-20-21(12-18)25(9-10-25)30-23(20)33/h3-8,11-13H,9-10H2,1-2H3,(H,30,33)(H,28,29,31). The third-order valence-electron chi connectivity index (χ3n) is 6.48. The van der Waals surface area contributed by atoms with Crippen LogP contribution in [0.25, 0.3) is 22.5 Å². The highest BCUT2D eigenvalue weighted by Crippen LogP contribution is 2.50. The highest BCUT2D eigenvalue weighted by Gasteiger charge is 2.52. The summed E-state index contributed by atoms with van der Waals surface area (Å²) in [5.74, 6) is 0.962. The third kappa shape index (κ3) is 3.30. The van der Waals surface area contributed by atoms with Gasteiger partial charge in [-0.25, -0.2) is 0 Å². The molecule has 33 heavy (non-hydrogen) atoms. The van der Waals surface area contributed by atoms with Gasteiger partial charge in [0.2, 0.25) is 5.95 Å². The normalized spacial score (nSPS) is 15.4. The molecule has 2 aromatic heterocycles. The Hall–Kier alpha value is -3.94. The molecular formula is C25H21BN6O. The first kappa shape index (κ1) is 19.7. The highest BCUT2D eigenvalue weighted by atomic mass is 16.2. The number of fused-ring (bicyclic) bond motifs is 2. The molecule has 0 atom stereocenters. The number of hydrogen-bond donors (Lipinski definition) is 2. The molecule has 8 heteroatoms. The monoisotopic (exact) mass is 432 g/mol. The van der Waals surface area contributed by atoms with Crippen LogP contribution in [0.3, 0.4) is 0 Å². The summed E-state index contributed by atoms with van der Waals surface area (Å²) in [6, 6.07) is 15.9. The predicted molar refractivity (Wildman–Crippen MR) is 127 cm³/mol. The minimum atomic E-state index is -0.183. The van der Waals surface area contributed by atoms with E-state index in [2.05, 4.69) is 50.8 Å². The molecule has 0 bridgehead atoms. The van der Waals surface area contributed by atoms with Crippen LogP contribution in [0.15, 0.2) is 54.7 Å². The fourth-order valence-electron chi connectivity index (χ4n) is 4.50. The van der Waals surface area contributed by atoms with Gasteiger partial charge in [-0.3, -0.25) is 14.4 Å². The molecule has 0 saturated heterocycles. The first-order valence-electron chi connectivity index (χ1n) is 10.9. The van der Waals surface area contributed by atoms with E-state index in [0.717, 1.165) is 57.6 Å². The lowest BCUT2D eigenvalue weighted by Crippen LogP contribution is -2.25. The maximum Gasteiger partial charge on any atom is 0.269 e. The van der Waals surface area contributed by atoms with E-state index < -0.39 is 0 Å². The van der Waals surface area contributed by atoms with Crippen LogP contribution in [0.2, 0.25) is 0 Å². The van der Waals surface area contributed by atoms with E-state index in [4.69, 9.17) is 7.98 Å². The SMILES string of the molecule is [B]n1nc(-c2ccc(-c3ccc(C)nc3)c(C)c2)nc1Nc1ccc2c(c1)C1(CC1)NC2=O. The van der Waals surface area contributed by atoms with Gasteiger partial charge in [0.15, 0.2) is 5.82 Å². The Balaban J connectivity index is 1.28. The summed E-state index contributed by atoms with van der Waals surface area (Å²) < 4.78 is 1.24. The molecule has 1 fully saturated rings. The van der Waals surface area contributed by atoms with E-state index in [-0.39, 0.29) is 11.4 Å². The van der Waals surface area contributed by atoms with Gasteiger partial charge in [-0.05, 0) is 73.7 Å². The van der Waals surface area contributed by atoms with Crippen LogP contribution in [0.5, 0.6) is 0 Å². The van der Waals surface area contributed by atoms with E-state index in [1.165, 1.54) is 4.59 Å². The molecule has 2 N–H and O–H groups in total. The van der Waals surface area contributed by atoms with E-state index in [9.17, 15) is 4.79 Å². The second-order valence-electron chi connectivity index (χ2n) is 8.84. The van der Waals surface area contributed by atoms with E-state index in [1.807, 2.05) is 43.5 Å². The van der Waals surface area contributed by atoms with Gasteiger partial charge < -0.3 is 10.6 Å². The number of benzene rings is 2. The zero-order valence-electron chi connectivity index (χ0n) is 18.4. The molecule has 0 unspecified atom stereocenters. The number of anilines is 2. The van der Waals surface area contributed by atoms with Crippen molar-refractivity contribution in [3.05, 3.63) is 77.1 Å². The second-order valence-corrected chi connectivity index (χ2v) is 8.84. The van der Waals surface area contributed by atoms with Crippen LogP contribution in [0.1, 0.15) is 40.0 Å². The van der Waals surface area contributed by atoms with Crippen molar-refractivity contribution < 1.29 is 4.79 Å². The van der Waals surface area contributed by atoms with Crippen molar-refractivity contribution in [2.24, 2.45) is 0 Å². The van der Waals surface area contributed by atoms with Gasteiger partial charge in [0.25, 0.3) is 13.9 Å². The Labute approximate surface area is 192 Å². The lowest BCUT2D eigenvalue weighted by molar-refractivity contribution is 0.0952. The van der Waals surface area contributed by atoms with Gasteiger partial charge in [0.05, 0.1) is 5.54 Å². The first-order valence-corrected chi connectivity index (χ1v) is 10.9. The maximum absolute atomic E-state index is 12.2. The van der Waals surface area contributed by atoms with Crippen molar-refractivity contribution in [3.8, 4) is 22.5 Å². The van der Waals surface area contributed by atoms with Gasteiger partial charge in [-0.1, -0.05) is 18.2 Å². The quantitative estimate of drug-likeness (QED) is 0.476. The van der Waals surface area contributed by atoms with Crippen LogP contribution < -0.4 is 10.6 Å². The molecule has 4 aromatic rings. The fraction of sp³-hybridized carbons (Fsp3) is 0.200. The molecule has 2 radical (unpaired) electrons. The molecule has 1 saturated carbocycles. The Morgan fingerprint density at radius 3 is 2.55 bits per heavy atom. The highest BCUT2D eigenvalue weighted by molar-refractivity contribution is 6.07. The number of nitrogens with one attached hydrogen (secondary N) is 2. The number of rotatable bonds is 4. The number of aryl methyl sites for hydroxylation is 2. The lowest BCUT2D eigenvalue weighted by Gasteiger charge is -2.10. The van der Waals surface area contributed by atoms with Gasteiger partial charge in [0.1, 0.15) is 0 Å². The first-order chi connectivity index (χ1) is 15.9. The molecule has 3 heterocycles. The summed E-state index contributed by atoms with van der Waals surface area (Å²) in [6.45, 7) is 4.04. The number of amides is 1. The molecule has 160 valence electrons. The largest absolute Gasteiger partial charge is 0.342 e. The number of pyridine rings is 1. The Morgan fingerprint density at radius 2 is 1.82 bits per heavy atom. The summed E-state index contributed by atoms with van der Waals surface area (Å²) in [5, 5.41) is 10.7. The number of carbonyl (C=O) groups is 1. The molecule has 7 nitrogen and oxygen atoms in total. The number of nitrogens with zero attached hydrogens (tertiary/aromatic N) is 4. The van der Waals surface area contributed by atoms with Crippen molar-refractivity contribution in [2.75, 3.05) is 5.32 Å². The third-order valence-corrected chi connectivity index (χ3v) is 6.48. The van der Waals surface area contributed by atoms with Gasteiger partial charge in [-0.15, -0.1) is 0 Å². The van der Waals surface area contributed by atoms with E-state index in [0.29, 0.717) is 11.8 Å². The molecule has 1 spiro atoms. The minimum absolute atomic E-state index is 0.00133. The number of aromatic nitrogens is 4. The van der Waals surface area contributed by atoms with Crippen LogP contribution in [0.4, 0.5) is 11.6 Å². The molecular weight excluding hydrogens is 411 g/mol. The average molecular weight is 432 g/mol. The Morgan fingerprint density at radius 1 is 1.03 bits per heavy atom. The van der Waals surface area contributed by atoms with Crippen LogP contribution in [-0.2, 0) is 5.54 Å². The van der Waals surface area contributed by atoms with Gasteiger partial charge in [0, 0.05) is 34.3 Å². The number of hydrogen-bond acceptors (Lipinski definition) is 5. The van der Waals surface area contributed by atoms with Crippen LogP contribution >= 0.6 is 0 Å². The van der Waals surface area contributed by atoms with E-state index in [1.54, 1.807) is 0 Å². The summed E-state index contributed by atoms with van der Waals surface area (Å²) in [4.78, 5) is 21.2. The maximum atomic E-state index is 12.2. The van der Waals surface area contributed by atoms with Gasteiger partial charge in [-0.2, -0.15) is 10.1 Å². The summed E-state index contributed by atoms with van der Waals surface area (Å²) in [5.41, 5.74) is 7.58. The molecule has 6 rings (SSSR count). The molecule has 2 aliphatic rings. The number of carbonyl (C=O) groups excluding carboxylic acids is 1. The van der Waals surface area contributed by atoms with Crippen LogP contribution in [0, 0.1) is 13.8 Å². The molecule has 2 aromatic carbocycles. The minimum Gasteiger partial charge on any atom is -0.342 e. The van der Waals surface area contributed by atoms with Crippen molar-refractivity contribution >= 4 is 25.5 Å². The Bertz CT molecular complexity index is 1420. The molecule has 1 amide bonds. The van der Waals surface area contributed by atoms with Crippen molar-refractivity contribution in [1.29, 1.82) is 0 Å². The van der Waals surface area contributed by atoms with Crippen molar-refractivity contribution in [2.45, 2.75) is 32.2 Å². The average Bonchev–Trinajstić information content (AvgIpc) is 3.41. The lowest BCUT2D eigenvalue weighted by atomic mass is 9.99. The van der Waals surface area contributed by atoms with Gasteiger partial charge >= 0.3 is 0 Å². The Kier molecular flexibility index (Phi) is 4.20. The van der Waals surface area contributed by atoms with E-state index >= 15 is 0 Å². The smallest absolute Gasteiger partial charge is 0.269 e. The zero-order chi connectivity index (χ0) is 22.7. The topological polar surface area (TPSA) is 84.7 Å². The van der Waals surface area contributed by atoms with Crippen molar-refractivity contribution in [3.63, 3.8) is 0 Å². The predicted octanol–water partition coefficient (Wildman–Crippen LogP) is 4.03. The summed E-state index contributed by atoms with van der Waals surface area (Å²) in [6.07, 6.45) is 3.83. The summed E-state index contributed by atoms with van der Waals surface area (Å²) in [7, 11) is 6.11. The van der Waals surface area contributed by atoms with Crippen LogP contribution in [-0.4, -0.2) is 33.5 Å². The molecule has 1 aliphatic carbocycles. The molecule has 1 aliphatic heterocycles. The summed E-state index contributed by atoms with van der Waals surface area (Å²) >= 11 is 0. The van der Waals surface area contributed by atoms with Crippen molar-refractivity contribution in [1.82, 2.24) is 25.0 Å². The fourth-order valence-corrected chi connectivity index (χ4v) is 4.50. The second kappa shape index (κ2) is 7.03. The zero-order valence-corrected chi connectivity index (χ0v) is 18.4.